The summed E-state index contributed by atoms with van der Waals surface area (Å²) in [6.45, 7) is 15.4. The van der Waals surface area contributed by atoms with Gasteiger partial charge in [0, 0.05) is 12.4 Å². The van der Waals surface area contributed by atoms with Gasteiger partial charge >= 0.3 is 0 Å². The first-order valence-corrected chi connectivity index (χ1v) is 12.0. The van der Waals surface area contributed by atoms with Crippen LogP contribution in [0.15, 0.2) is 12.4 Å². The van der Waals surface area contributed by atoms with Gasteiger partial charge in [0.2, 0.25) is 0 Å². The normalized spacial score (nSPS) is 13.5. The van der Waals surface area contributed by atoms with Gasteiger partial charge in [0.25, 0.3) is 0 Å². The van der Waals surface area contributed by atoms with E-state index in [0.717, 1.165) is 6.54 Å². The summed E-state index contributed by atoms with van der Waals surface area (Å²) in [4.78, 5) is 7.75. The van der Waals surface area contributed by atoms with Gasteiger partial charge in [-0.05, 0) is 6.54 Å². The molecule has 5 heteroatoms. The van der Waals surface area contributed by atoms with Gasteiger partial charge < -0.3 is 9.22 Å². The fourth-order valence-corrected chi connectivity index (χ4v) is 12.3. The predicted molar refractivity (Wildman–Crippen MR) is 71.4 cm³/mol. The lowest BCUT2D eigenvalue weighted by atomic mass is 10.8. The van der Waals surface area contributed by atoms with Gasteiger partial charge in [-0.25, -0.2) is 4.98 Å². The van der Waals surface area contributed by atoms with Crippen molar-refractivity contribution in [1.29, 1.82) is 0 Å². The third kappa shape index (κ3) is 2.59. The molecular weight excluding hydrogens is 218 g/mol. The number of H-pyrrole nitrogens is 1. The van der Waals surface area contributed by atoms with Gasteiger partial charge in [-0.2, -0.15) is 0 Å². The molecule has 1 rings (SSSR count). The molecule has 0 radical (unpaired) electrons. The van der Waals surface area contributed by atoms with E-state index in [-0.39, 0.29) is 0 Å². The first-order chi connectivity index (χ1) is 6.80. The van der Waals surface area contributed by atoms with Gasteiger partial charge in [-0.1, -0.05) is 39.7 Å². The molecule has 0 aliphatic heterocycles. The van der Waals surface area contributed by atoms with Gasteiger partial charge in [-0.15, -0.1) is 0 Å². The fourth-order valence-electron chi connectivity index (χ4n) is 2.44. The largest absolute Gasteiger partial charge is 0.351 e. The lowest BCUT2D eigenvalue weighted by Gasteiger charge is -2.43. The van der Waals surface area contributed by atoms with E-state index in [1.807, 2.05) is 12.4 Å². The predicted octanol–water partition coefficient (Wildman–Crippen LogP) is 1.98. The highest BCUT2D eigenvalue weighted by Crippen LogP contribution is 2.18. The molecular formula is C10H23N3Si2. The molecule has 1 heterocycles. The monoisotopic (exact) mass is 241 g/mol. The molecule has 1 aromatic heterocycles. The number of aromatic amines is 1. The maximum atomic E-state index is 4.46. The highest BCUT2D eigenvalue weighted by atomic mass is 28.4. The number of hydrogen-bond donors (Lipinski definition) is 1. The molecule has 86 valence electrons. The Balaban J connectivity index is 3.03. The molecule has 0 unspecified atom stereocenters. The van der Waals surface area contributed by atoms with Crippen LogP contribution in [0.5, 0.6) is 0 Å². The average Bonchev–Trinajstić information content (AvgIpc) is 2.52. The van der Waals surface area contributed by atoms with Crippen molar-refractivity contribution in [3.05, 3.63) is 12.4 Å². The van der Waals surface area contributed by atoms with E-state index in [9.17, 15) is 0 Å². The fraction of sp³-hybridized carbons (Fsp3) is 0.700. The van der Waals surface area contributed by atoms with E-state index >= 15 is 0 Å². The molecule has 0 amide bonds. The van der Waals surface area contributed by atoms with Crippen LogP contribution in [0.4, 0.5) is 0 Å². The summed E-state index contributed by atoms with van der Waals surface area (Å²) in [5.41, 5.74) is 1.20. The summed E-state index contributed by atoms with van der Waals surface area (Å²) in [6.07, 6.45) is 3.80. The van der Waals surface area contributed by atoms with Crippen molar-refractivity contribution in [3.63, 3.8) is 0 Å². The summed E-state index contributed by atoms with van der Waals surface area (Å²) < 4.78 is 2.72. The van der Waals surface area contributed by atoms with Gasteiger partial charge in [0.05, 0.1) is 0 Å². The first kappa shape index (κ1) is 12.7. The second-order valence-electron chi connectivity index (χ2n) is 5.41. The van der Waals surface area contributed by atoms with Crippen LogP contribution in [0.3, 0.4) is 0 Å². The van der Waals surface area contributed by atoms with Crippen LogP contribution in [0.25, 0.3) is 0 Å². The lowest BCUT2D eigenvalue weighted by Crippen LogP contribution is -2.67. The highest BCUT2D eigenvalue weighted by molar-refractivity contribution is 6.96. The van der Waals surface area contributed by atoms with E-state index < -0.39 is 16.5 Å². The SMILES string of the molecule is CCN([Si](C)(C)C)[Si](C)(C)c1ncc[nH]1. The summed E-state index contributed by atoms with van der Waals surface area (Å²) in [7, 11) is -2.81. The van der Waals surface area contributed by atoms with Crippen LogP contribution in [-0.2, 0) is 0 Å². The van der Waals surface area contributed by atoms with Gasteiger partial charge in [0.1, 0.15) is 13.7 Å². The van der Waals surface area contributed by atoms with Crippen molar-refractivity contribution >= 4 is 21.9 Å². The van der Waals surface area contributed by atoms with Crippen molar-refractivity contribution in [2.75, 3.05) is 6.54 Å². The van der Waals surface area contributed by atoms with E-state index in [2.05, 4.69) is 53.9 Å². The smallest absolute Gasteiger partial charge is 0.191 e. The summed E-state index contributed by atoms with van der Waals surface area (Å²) in [5, 5.41) is 0. The molecule has 0 saturated heterocycles. The Labute approximate surface area is 95.1 Å². The van der Waals surface area contributed by atoms with Crippen molar-refractivity contribution in [2.24, 2.45) is 0 Å². The zero-order chi connectivity index (χ0) is 11.7. The summed E-state index contributed by atoms with van der Waals surface area (Å²) >= 11 is 0. The van der Waals surface area contributed by atoms with Gasteiger partial charge in [-0.3, -0.25) is 0 Å². The van der Waals surface area contributed by atoms with E-state index in [4.69, 9.17) is 0 Å². The van der Waals surface area contributed by atoms with Crippen molar-refractivity contribution in [3.8, 4) is 0 Å². The Bertz CT molecular complexity index is 301. The third-order valence-corrected chi connectivity index (χ3v) is 11.6. The third-order valence-electron chi connectivity index (χ3n) is 2.88. The molecule has 0 atom stereocenters. The summed E-state index contributed by atoms with van der Waals surface area (Å²) in [5.74, 6) is 0. The van der Waals surface area contributed by atoms with Crippen LogP contribution < -0.4 is 5.45 Å². The summed E-state index contributed by atoms with van der Waals surface area (Å²) in [6, 6.07) is 0. The molecule has 0 aliphatic carbocycles. The van der Waals surface area contributed by atoms with Crippen molar-refractivity contribution < 1.29 is 0 Å². The lowest BCUT2D eigenvalue weighted by molar-refractivity contribution is 0.654. The van der Waals surface area contributed by atoms with Crippen LogP contribution in [0.2, 0.25) is 32.7 Å². The molecule has 0 saturated carbocycles. The molecule has 3 nitrogen and oxygen atoms in total. The second kappa shape index (κ2) is 4.23. The standard InChI is InChI=1S/C10H23N3Si2/c1-7-13(14(2,3)4)15(5,6)10-11-8-9-12-10/h8-9H,7H2,1-6H3,(H,11,12). The van der Waals surface area contributed by atoms with E-state index in [1.165, 1.54) is 5.45 Å². The number of hydrogen-bond acceptors (Lipinski definition) is 2. The minimum absolute atomic E-state index is 1.13. The van der Waals surface area contributed by atoms with Crippen molar-refractivity contribution in [1.82, 2.24) is 14.2 Å². The number of aromatic nitrogens is 2. The quantitative estimate of drug-likeness (QED) is 0.818. The maximum Gasteiger partial charge on any atom is 0.191 e. The zero-order valence-electron chi connectivity index (χ0n) is 10.8. The Morgan fingerprint density at radius 2 is 1.87 bits per heavy atom. The minimum atomic E-state index is -1.56. The molecule has 1 aromatic rings. The number of nitrogens with zero attached hydrogens (tertiary/aromatic N) is 2. The molecule has 15 heavy (non-hydrogen) atoms. The second-order valence-corrected chi connectivity index (χ2v) is 14.9. The number of imidazole rings is 1. The molecule has 0 aliphatic rings. The molecule has 0 fully saturated rings. The van der Waals surface area contributed by atoms with Crippen LogP contribution in [0.1, 0.15) is 6.92 Å². The Morgan fingerprint density at radius 1 is 1.27 bits per heavy atom. The topological polar surface area (TPSA) is 31.9 Å². The van der Waals surface area contributed by atoms with Crippen LogP contribution in [0, 0.1) is 0 Å². The minimum Gasteiger partial charge on any atom is -0.351 e. The molecule has 0 aromatic carbocycles. The first-order valence-electron chi connectivity index (χ1n) is 5.57. The molecule has 1 N–H and O–H groups in total. The van der Waals surface area contributed by atoms with E-state index in [0.29, 0.717) is 0 Å². The molecule has 0 bridgehead atoms. The van der Waals surface area contributed by atoms with E-state index in [1.54, 1.807) is 0 Å². The molecule has 0 spiro atoms. The zero-order valence-corrected chi connectivity index (χ0v) is 12.8. The van der Waals surface area contributed by atoms with Crippen molar-refractivity contribution in [2.45, 2.75) is 39.7 Å². The Hall–Kier alpha value is -0.396. The number of rotatable bonds is 4. The Morgan fingerprint density at radius 3 is 2.20 bits per heavy atom. The highest BCUT2D eigenvalue weighted by Gasteiger charge is 2.39. The van der Waals surface area contributed by atoms with Crippen LogP contribution >= 0.6 is 0 Å². The number of nitrogens with one attached hydrogen (secondary N) is 1. The van der Waals surface area contributed by atoms with Gasteiger partial charge in [0.15, 0.2) is 8.24 Å². The van der Waals surface area contributed by atoms with Crippen LogP contribution in [-0.4, -0.2) is 37.2 Å². The average molecular weight is 241 g/mol. The Kier molecular flexibility index (Phi) is 3.57. The maximum absolute atomic E-state index is 4.46.